The summed E-state index contributed by atoms with van der Waals surface area (Å²) < 4.78 is 22.5. The topological polar surface area (TPSA) is 59.7 Å². The molecule has 0 unspecified atom stereocenters. The number of rotatable bonds is 16. The van der Waals surface area contributed by atoms with Crippen molar-refractivity contribution in [3.63, 3.8) is 0 Å². The molecule has 246 valence electrons. The van der Waals surface area contributed by atoms with E-state index in [4.69, 9.17) is 33.2 Å². The molecular weight excluding hydrogens is 753 g/mol. The largest absolute Gasteiger partial charge is 2.00 e. The molecule has 0 saturated heterocycles. The zero-order valence-electron chi connectivity index (χ0n) is 27.8. The van der Waals surface area contributed by atoms with Crippen LogP contribution < -0.4 is 0 Å². The Morgan fingerprint density at radius 2 is 0.837 bits per heavy atom. The van der Waals surface area contributed by atoms with Gasteiger partial charge in [-0.25, -0.2) is 12.2 Å². The molecule has 0 saturated carbocycles. The van der Waals surface area contributed by atoms with E-state index >= 15 is 0 Å². The van der Waals surface area contributed by atoms with Crippen LogP contribution in [0.2, 0.25) is 0 Å². The van der Waals surface area contributed by atoms with Gasteiger partial charge in [0.2, 0.25) is 0 Å². The third kappa shape index (κ3) is 41.0. The van der Waals surface area contributed by atoms with Crippen LogP contribution >= 0.6 is 31.7 Å². The normalized spacial score (nSPS) is 9.40. The van der Waals surface area contributed by atoms with Crippen LogP contribution in [0.3, 0.4) is 0 Å². The Morgan fingerprint density at radius 3 is 1.02 bits per heavy atom. The van der Waals surface area contributed by atoms with Gasteiger partial charge in [0.25, 0.3) is 0 Å². The van der Waals surface area contributed by atoms with Crippen LogP contribution in [0.15, 0.2) is 42.5 Å². The van der Waals surface area contributed by atoms with Gasteiger partial charge in [0.1, 0.15) is 0 Å². The monoisotopic (exact) mass is 810 g/mol. The van der Waals surface area contributed by atoms with Crippen molar-refractivity contribution in [2.45, 2.75) is 55.4 Å². The summed E-state index contributed by atoms with van der Waals surface area (Å²) in [6.07, 6.45) is 20.9. The van der Waals surface area contributed by atoms with Crippen LogP contribution in [0.5, 0.6) is 0 Å². The van der Waals surface area contributed by atoms with Crippen LogP contribution in [-0.2, 0) is 63.4 Å². The molecule has 0 amide bonds. The molecule has 0 atom stereocenters. The van der Waals surface area contributed by atoms with E-state index in [0.29, 0.717) is 31.7 Å². The maximum absolute atomic E-state index is 7.50. The maximum Gasteiger partial charge on any atom is 2.00 e. The molecule has 1 aromatic carbocycles. The maximum atomic E-state index is 7.50. The summed E-state index contributed by atoms with van der Waals surface area (Å²) in [6.45, 7) is 37.6. The van der Waals surface area contributed by atoms with Crippen molar-refractivity contribution in [2.24, 2.45) is 0 Å². The zero-order chi connectivity index (χ0) is 32.9. The summed E-state index contributed by atoms with van der Waals surface area (Å²) in [5.41, 5.74) is 1.03. The van der Waals surface area contributed by atoms with Gasteiger partial charge in [0.05, 0.1) is 0 Å². The van der Waals surface area contributed by atoms with Gasteiger partial charge in [-0.1, -0.05) is 91.3 Å². The predicted octanol–water partition coefficient (Wildman–Crippen LogP) is 10.5. The third-order valence-electron chi connectivity index (χ3n) is 6.35. The molecule has 3 nitrogen and oxygen atoms in total. The van der Waals surface area contributed by atoms with E-state index in [2.05, 4.69) is 75.3 Å². The Hall–Kier alpha value is 1.02. The summed E-state index contributed by atoms with van der Waals surface area (Å²) >= 11 is 5.05. The standard InChI is InChI=1S/2C10H24P2.C10H9S.3CO.Cr.Ru/c2*1-5-11(6-2)9-10-12(7-3)8-4;1-2-6-10(11)9-7-4-3-5-8-9;3*1-2;;/h2*5-10H2,1-4H3;1-8,11H;;;;;/q;;-1;;;;;+2/p-1/b;;10-6-;;;;;. The molecule has 10 heteroatoms. The number of benzene rings is 1. The first-order chi connectivity index (χ1) is 19.9. The Balaban J connectivity index is -0.0000000811. The Bertz CT molecular complexity index is 674. The quantitative estimate of drug-likeness (QED) is 0.0410. The molecule has 0 aliphatic carbocycles. The zero-order valence-corrected chi connectivity index (χ0v) is 35.2. The molecule has 0 N–H and O–H groups in total. The van der Waals surface area contributed by atoms with Gasteiger partial charge in [0.15, 0.2) is 0 Å². The first-order valence-electron chi connectivity index (χ1n) is 14.4. The van der Waals surface area contributed by atoms with Crippen molar-refractivity contribution in [3.8, 4) is 0 Å². The number of hydrogen-bond acceptors (Lipinski definition) is 1. The molecule has 0 aliphatic rings. The van der Waals surface area contributed by atoms with E-state index in [0.717, 1.165) is 10.5 Å². The van der Waals surface area contributed by atoms with E-state index in [9.17, 15) is 0 Å². The molecule has 43 heavy (non-hydrogen) atoms. The molecule has 0 aliphatic heterocycles. The second kappa shape index (κ2) is 52.5. The Morgan fingerprint density at radius 1 is 0.605 bits per heavy atom. The fraction of sp³-hybridized carbons (Fsp3) is 0.606. The third-order valence-corrected chi connectivity index (χ3v) is 18.0. The Kier molecular flexibility index (Phi) is 72.6. The van der Waals surface area contributed by atoms with E-state index in [1.54, 1.807) is 30.7 Å². The number of allylic oxidation sites excluding steroid dienone is 2. The fourth-order valence-electron chi connectivity index (χ4n) is 3.51. The summed E-state index contributed by atoms with van der Waals surface area (Å²) in [5, 5.41) is 0. The minimum atomic E-state index is 0. The second-order valence-electron chi connectivity index (χ2n) is 8.20. The van der Waals surface area contributed by atoms with Crippen molar-refractivity contribution < 1.29 is 50.8 Å². The van der Waals surface area contributed by atoms with Gasteiger partial charge in [0, 0.05) is 17.4 Å². The minimum Gasteiger partial charge on any atom is -0.798 e. The molecule has 0 bridgehead atoms. The van der Waals surface area contributed by atoms with Crippen LogP contribution in [0.25, 0.3) is 4.91 Å². The summed E-state index contributed by atoms with van der Waals surface area (Å²) in [6, 6.07) is 9.78. The summed E-state index contributed by atoms with van der Waals surface area (Å²) in [5.74, 6) is 0. The first-order valence-corrected chi connectivity index (χ1v) is 22.4. The molecule has 1 rings (SSSR count). The van der Waals surface area contributed by atoms with Crippen LogP contribution in [0.1, 0.15) is 61.0 Å². The van der Waals surface area contributed by atoms with E-state index in [-0.39, 0.29) is 36.8 Å². The molecule has 0 spiro atoms. The molecular formula is C33H56CrO3P4RuS. The molecule has 0 fully saturated rings. The molecule has 1 aromatic rings. The van der Waals surface area contributed by atoms with Gasteiger partial charge < -0.3 is 12.6 Å². The molecule has 0 radical (unpaired) electrons. The minimum absolute atomic E-state index is 0. The van der Waals surface area contributed by atoms with Crippen LogP contribution in [0, 0.1) is 26.5 Å². The fourth-order valence-corrected chi connectivity index (χ4v) is 12.6. The predicted molar refractivity (Wildman–Crippen MR) is 194 cm³/mol. The SMILES string of the molecule is CCP(CC)CCP(CC)CC.CCP(CC)CCP(CC)CC.[C-]#[O+].[C-]#[O+].[C-]#[O+].[CH-]=C/C=C(\[S-])c1ccccc1.[Cr].[Ru+2]. The van der Waals surface area contributed by atoms with Crippen LogP contribution in [0.4, 0.5) is 0 Å². The van der Waals surface area contributed by atoms with Crippen molar-refractivity contribution in [1.82, 2.24) is 0 Å². The second-order valence-corrected chi connectivity index (χ2v) is 20.9. The smallest absolute Gasteiger partial charge is 0.798 e. The van der Waals surface area contributed by atoms with Gasteiger partial charge in [-0.15, -0.1) is 31.7 Å². The molecule has 0 heterocycles. The van der Waals surface area contributed by atoms with Gasteiger partial charge in [-0.3, -0.25) is 11.5 Å². The average molecular weight is 810 g/mol. The summed E-state index contributed by atoms with van der Waals surface area (Å²) in [7, 11) is 1.66. The van der Waals surface area contributed by atoms with Crippen molar-refractivity contribution in [3.05, 3.63) is 74.6 Å². The Labute approximate surface area is 301 Å². The van der Waals surface area contributed by atoms with E-state index in [1.807, 2.05) is 30.3 Å². The number of hydrogen-bond donors (Lipinski definition) is 0. The van der Waals surface area contributed by atoms with E-state index < -0.39 is 0 Å². The average Bonchev–Trinajstić information content (AvgIpc) is 3.06. The molecule has 0 aromatic heterocycles. The van der Waals surface area contributed by atoms with E-state index in [1.165, 1.54) is 55.4 Å². The van der Waals surface area contributed by atoms with Gasteiger partial charge in [-0.05, 0) is 73.9 Å². The van der Waals surface area contributed by atoms with Crippen molar-refractivity contribution in [2.75, 3.05) is 73.9 Å². The van der Waals surface area contributed by atoms with Gasteiger partial charge >= 0.3 is 53.4 Å². The van der Waals surface area contributed by atoms with Crippen molar-refractivity contribution in [1.29, 1.82) is 0 Å². The van der Waals surface area contributed by atoms with Gasteiger partial charge in [-0.2, -0.15) is 0 Å². The summed E-state index contributed by atoms with van der Waals surface area (Å²) in [4.78, 5) is 0.771. The van der Waals surface area contributed by atoms with Crippen molar-refractivity contribution >= 4 is 49.2 Å². The first kappa shape index (κ1) is 59.4. The van der Waals surface area contributed by atoms with Crippen LogP contribution in [-0.4, -0.2) is 73.9 Å².